The molecule has 0 aromatic rings. The van der Waals surface area contributed by atoms with Crippen molar-refractivity contribution < 1.29 is 9.59 Å². The summed E-state index contributed by atoms with van der Waals surface area (Å²) in [5.41, 5.74) is 0.675. The molecule has 0 aliphatic heterocycles. The molecule has 0 saturated heterocycles. The van der Waals surface area contributed by atoms with Crippen molar-refractivity contribution in [3.63, 3.8) is 0 Å². The van der Waals surface area contributed by atoms with Crippen LogP contribution in [0.1, 0.15) is 20.3 Å². The molecule has 0 fully saturated rings. The molecule has 13 heavy (non-hydrogen) atoms. The van der Waals surface area contributed by atoms with Gasteiger partial charge in [-0.05, 0) is 19.9 Å². The molecule has 0 aliphatic rings. The van der Waals surface area contributed by atoms with E-state index in [0.717, 1.165) is 4.48 Å². The van der Waals surface area contributed by atoms with Crippen LogP contribution < -0.4 is 5.32 Å². The SMILES string of the molecule is C/C=C\C(NC(=O)CC=O)=C(/C)Br. The van der Waals surface area contributed by atoms with E-state index in [9.17, 15) is 9.59 Å². The Bertz CT molecular complexity index is 252. The van der Waals surface area contributed by atoms with Gasteiger partial charge < -0.3 is 10.1 Å². The molecule has 0 unspecified atom stereocenters. The van der Waals surface area contributed by atoms with Crippen LogP contribution in [0, 0.1) is 0 Å². The van der Waals surface area contributed by atoms with Crippen LogP contribution in [-0.4, -0.2) is 12.2 Å². The zero-order valence-electron chi connectivity index (χ0n) is 7.63. The molecule has 3 nitrogen and oxygen atoms in total. The minimum absolute atomic E-state index is 0.110. The number of rotatable bonds is 4. The molecule has 0 spiro atoms. The van der Waals surface area contributed by atoms with Crippen LogP contribution in [0.15, 0.2) is 22.3 Å². The van der Waals surface area contributed by atoms with Crippen molar-refractivity contribution in [2.24, 2.45) is 0 Å². The summed E-state index contributed by atoms with van der Waals surface area (Å²) in [6.07, 6.45) is 4.03. The van der Waals surface area contributed by atoms with Gasteiger partial charge in [0.15, 0.2) is 0 Å². The number of halogens is 1. The first-order valence-corrected chi connectivity index (χ1v) is 4.63. The van der Waals surface area contributed by atoms with Crippen LogP contribution in [0.5, 0.6) is 0 Å². The number of hydrogen-bond donors (Lipinski definition) is 1. The van der Waals surface area contributed by atoms with E-state index in [1.54, 1.807) is 12.2 Å². The maximum atomic E-state index is 11.0. The Balaban J connectivity index is 4.37. The minimum Gasteiger partial charge on any atom is -0.325 e. The summed E-state index contributed by atoms with van der Waals surface area (Å²) in [5, 5.41) is 2.59. The van der Waals surface area contributed by atoms with Gasteiger partial charge in [-0.1, -0.05) is 22.0 Å². The fourth-order valence-corrected chi connectivity index (χ4v) is 0.917. The molecule has 0 aliphatic carbocycles. The predicted molar refractivity (Wildman–Crippen MR) is 55.3 cm³/mol. The average Bonchev–Trinajstić information content (AvgIpc) is 2.04. The van der Waals surface area contributed by atoms with Crippen molar-refractivity contribution in [3.8, 4) is 0 Å². The normalized spacial score (nSPS) is 12.5. The highest BCUT2D eigenvalue weighted by atomic mass is 79.9. The number of carbonyl (C=O) groups is 2. The maximum Gasteiger partial charge on any atom is 0.231 e. The third-order valence-corrected chi connectivity index (χ3v) is 1.67. The van der Waals surface area contributed by atoms with Crippen LogP contribution in [-0.2, 0) is 9.59 Å². The summed E-state index contributed by atoms with van der Waals surface area (Å²) in [6.45, 7) is 3.67. The molecule has 0 atom stereocenters. The summed E-state index contributed by atoms with van der Waals surface area (Å²) in [5.74, 6) is -0.304. The highest BCUT2D eigenvalue weighted by Gasteiger charge is 2.02. The van der Waals surface area contributed by atoms with Crippen molar-refractivity contribution in [2.45, 2.75) is 20.3 Å². The second kappa shape index (κ2) is 6.60. The van der Waals surface area contributed by atoms with Crippen LogP contribution in [0.2, 0.25) is 0 Å². The molecule has 0 bridgehead atoms. The lowest BCUT2D eigenvalue weighted by Crippen LogP contribution is -2.22. The van der Waals surface area contributed by atoms with E-state index in [2.05, 4.69) is 21.2 Å². The first-order chi connectivity index (χ1) is 6.11. The minimum atomic E-state index is -0.304. The first-order valence-electron chi connectivity index (χ1n) is 3.84. The lowest BCUT2D eigenvalue weighted by molar-refractivity contribution is -0.123. The van der Waals surface area contributed by atoms with Crippen molar-refractivity contribution >= 4 is 28.1 Å². The van der Waals surface area contributed by atoms with Gasteiger partial charge in [0.1, 0.15) is 6.29 Å². The molecular formula is C9H12BrNO2. The summed E-state index contributed by atoms with van der Waals surface area (Å²) >= 11 is 3.25. The fourth-order valence-electron chi connectivity index (χ4n) is 0.686. The summed E-state index contributed by atoms with van der Waals surface area (Å²) in [6, 6.07) is 0. The van der Waals surface area contributed by atoms with Gasteiger partial charge in [-0.25, -0.2) is 0 Å². The number of amides is 1. The maximum absolute atomic E-state index is 11.0. The van der Waals surface area contributed by atoms with Crippen LogP contribution >= 0.6 is 15.9 Å². The second-order valence-corrected chi connectivity index (χ2v) is 3.56. The third-order valence-electron chi connectivity index (χ3n) is 1.25. The molecule has 1 N–H and O–H groups in total. The number of nitrogens with one attached hydrogen (secondary N) is 1. The smallest absolute Gasteiger partial charge is 0.231 e. The van der Waals surface area contributed by atoms with E-state index in [-0.39, 0.29) is 12.3 Å². The van der Waals surface area contributed by atoms with Gasteiger partial charge in [-0.2, -0.15) is 0 Å². The van der Waals surface area contributed by atoms with Crippen LogP contribution in [0.4, 0.5) is 0 Å². The topological polar surface area (TPSA) is 46.2 Å². The van der Waals surface area contributed by atoms with E-state index in [1.807, 2.05) is 13.8 Å². The zero-order chi connectivity index (χ0) is 10.3. The van der Waals surface area contributed by atoms with E-state index in [4.69, 9.17) is 0 Å². The molecule has 0 aromatic carbocycles. The lowest BCUT2D eigenvalue weighted by atomic mass is 10.3. The van der Waals surface area contributed by atoms with Gasteiger partial charge >= 0.3 is 0 Å². The standard InChI is InChI=1S/C9H12BrNO2/c1-3-4-8(7(2)10)11-9(13)5-6-12/h3-4,6H,5H2,1-2H3,(H,11,13)/b4-3-,8-7-. The number of carbonyl (C=O) groups excluding carboxylic acids is 2. The molecule has 0 saturated carbocycles. The Morgan fingerprint density at radius 2 is 2.15 bits per heavy atom. The van der Waals surface area contributed by atoms with E-state index < -0.39 is 0 Å². The summed E-state index contributed by atoms with van der Waals surface area (Å²) in [7, 11) is 0. The molecular weight excluding hydrogens is 234 g/mol. The largest absolute Gasteiger partial charge is 0.325 e. The van der Waals surface area contributed by atoms with Crippen molar-refractivity contribution in [3.05, 3.63) is 22.3 Å². The molecule has 1 amide bonds. The van der Waals surface area contributed by atoms with E-state index in [1.165, 1.54) is 0 Å². The van der Waals surface area contributed by atoms with Crippen molar-refractivity contribution in [1.82, 2.24) is 5.32 Å². The number of aldehydes is 1. The Kier molecular flexibility index (Phi) is 6.14. The molecule has 72 valence electrons. The molecule has 0 aromatic heterocycles. The highest BCUT2D eigenvalue weighted by molar-refractivity contribution is 9.11. The van der Waals surface area contributed by atoms with Gasteiger partial charge in [0.25, 0.3) is 0 Å². The Hall–Kier alpha value is -0.900. The number of allylic oxidation sites excluding steroid dienone is 3. The van der Waals surface area contributed by atoms with E-state index >= 15 is 0 Å². The number of hydrogen-bond acceptors (Lipinski definition) is 2. The first kappa shape index (κ1) is 12.1. The Morgan fingerprint density at radius 3 is 2.54 bits per heavy atom. The summed E-state index contributed by atoms with van der Waals surface area (Å²) < 4.78 is 0.824. The molecule has 0 heterocycles. The average molecular weight is 246 g/mol. The fraction of sp³-hybridized carbons (Fsp3) is 0.333. The van der Waals surface area contributed by atoms with Crippen molar-refractivity contribution in [1.29, 1.82) is 0 Å². The van der Waals surface area contributed by atoms with Crippen LogP contribution in [0.25, 0.3) is 0 Å². The van der Waals surface area contributed by atoms with Gasteiger partial charge in [0.2, 0.25) is 5.91 Å². The molecule has 0 radical (unpaired) electrons. The Morgan fingerprint density at radius 1 is 1.54 bits per heavy atom. The summed E-state index contributed by atoms with van der Waals surface area (Å²) in [4.78, 5) is 21.0. The van der Waals surface area contributed by atoms with Gasteiger partial charge in [-0.15, -0.1) is 0 Å². The van der Waals surface area contributed by atoms with Gasteiger partial charge in [-0.3, -0.25) is 4.79 Å². The Labute approximate surface area is 86.0 Å². The van der Waals surface area contributed by atoms with Gasteiger partial charge in [0.05, 0.1) is 12.1 Å². The lowest BCUT2D eigenvalue weighted by Gasteiger charge is -2.04. The predicted octanol–water partition coefficient (Wildman–Crippen LogP) is 1.89. The van der Waals surface area contributed by atoms with E-state index in [0.29, 0.717) is 12.0 Å². The monoisotopic (exact) mass is 245 g/mol. The van der Waals surface area contributed by atoms with Crippen molar-refractivity contribution in [2.75, 3.05) is 0 Å². The molecule has 4 heteroatoms. The third kappa shape index (κ3) is 5.36. The van der Waals surface area contributed by atoms with Gasteiger partial charge in [0, 0.05) is 4.48 Å². The quantitative estimate of drug-likeness (QED) is 0.467. The zero-order valence-corrected chi connectivity index (χ0v) is 9.22. The highest BCUT2D eigenvalue weighted by Crippen LogP contribution is 2.09. The molecule has 0 rings (SSSR count). The van der Waals surface area contributed by atoms with Crippen LogP contribution in [0.3, 0.4) is 0 Å². The second-order valence-electron chi connectivity index (χ2n) is 2.37.